The van der Waals surface area contributed by atoms with Crippen molar-refractivity contribution >= 4 is 59.7 Å². The highest BCUT2D eigenvalue weighted by molar-refractivity contribution is 9.11. The van der Waals surface area contributed by atoms with E-state index in [2.05, 4.69) is 37.5 Å². The van der Waals surface area contributed by atoms with E-state index in [-0.39, 0.29) is 16.7 Å². The minimum absolute atomic E-state index is 0.177. The Morgan fingerprint density at radius 1 is 1.48 bits per heavy atom. The van der Waals surface area contributed by atoms with Crippen LogP contribution in [0.2, 0.25) is 0 Å². The molecule has 2 heterocycles. The maximum atomic E-state index is 12.1. The number of halogens is 1. The van der Waals surface area contributed by atoms with Crippen molar-refractivity contribution in [3.63, 3.8) is 0 Å². The summed E-state index contributed by atoms with van der Waals surface area (Å²) in [6.45, 7) is 5.09. The van der Waals surface area contributed by atoms with Crippen molar-refractivity contribution in [2.24, 2.45) is 0 Å². The van der Waals surface area contributed by atoms with Crippen LogP contribution in [0, 0.1) is 0 Å². The van der Waals surface area contributed by atoms with Crippen molar-refractivity contribution in [1.82, 2.24) is 9.71 Å². The van der Waals surface area contributed by atoms with Crippen LogP contribution in [0.3, 0.4) is 0 Å². The van der Waals surface area contributed by atoms with Crippen molar-refractivity contribution in [2.45, 2.75) is 17.6 Å². The lowest BCUT2D eigenvalue weighted by Crippen LogP contribution is -2.22. The number of nitrogens with zero attached hydrogens (tertiary/aromatic N) is 1. The normalized spacial score (nSPS) is 11.4. The minimum Gasteiger partial charge on any atom is -0.302 e. The molecule has 23 heavy (non-hydrogen) atoms. The van der Waals surface area contributed by atoms with E-state index in [1.54, 1.807) is 12.3 Å². The summed E-state index contributed by atoms with van der Waals surface area (Å²) >= 11 is 5.92. The van der Waals surface area contributed by atoms with Gasteiger partial charge in [-0.25, -0.2) is 18.1 Å². The molecule has 6 nitrogen and oxygen atoms in total. The SMILES string of the molecule is C=CCNS(=O)(=O)c1cc(Cc2cnc(NC(C)=O)s2)c(Br)s1. The number of anilines is 1. The monoisotopic (exact) mass is 435 g/mol. The number of hydrogen-bond acceptors (Lipinski definition) is 6. The molecule has 0 aromatic carbocycles. The highest BCUT2D eigenvalue weighted by Gasteiger charge is 2.19. The Balaban J connectivity index is 2.17. The first-order chi connectivity index (χ1) is 10.8. The van der Waals surface area contributed by atoms with Gasteiger partial charge in [-0.1, -0.05) is 6.08 Å². The van der Waals surface area contributed by atoms with Gasteiger partial charge in [0.1, 0.15) is 4.21 Å². The molecule has 0 radical (unpaired) electrons. The Morgan fingerprint density at radius 2 is 2.22 bits per heavy atom. The molecule has 0 saturated heterocycles. The summed E-state index contributed by atoms with van der Waals surface area (Å²) in [5, 5.41) is 3.15. The van der Waals surface area contributed by atoms with E-state index in [4.69, 9.17) is 0 Å². The van der Waals surface area contributed by atoms with Gasteiger partial charge in [-0.05, 0) is 27.6 Å². The van der Waals surface area contributed by atoms with Gasteiger partial charge in [-0.2, -0.15) is 0 Å². The van der Waals surface area contributed by atoms with Crippen molar-refractivity contribution in [2.75, 3.05) is 11.9 Å². The van der Waals surface area contributed by atoms with Crippen LogP contribution < -0.4 is 10.0 Å². The quantitative estimate of drug-likeness (QED) is 0.654. The van der Waals surface area contributed by atoms with Crippen molar-refractivity contribution < 1.29 is 13.2 Å². The smallest absolute Gasteiger partial charge is 0.250 e. The standard InChI is InChI=1S/C13H14BrN3O3S3/c1-3-4-16-23(19,20)11-6-9(12(14)22-11)5-10-7-15-13(21-10)17-8(2)18/h3,6-7,16H,1,4-5H2,2H3,(H,15,17,18). The molecule has 0 fully saturated rings. The van der Waals surface area contributed by atoms with E-state index in [9.17, 15) is 13.2 Å². The number of rotatable bonds is 7. The first-order valence-electron chi connectivity index (χ1n) is 6.43. The number of aromatic nitrogens is 1. The molecule has 0 atom stereocenters. The van der Waals surface area contributed by atoms with Crippen LogP contribution in [0.25, 0.3) is 0 Å². The Bertz CT molecular complexity index is 827. The lowest BCUT2D eigenvalue weighted by atomic mass is 10.2. The average molecular weight is 436 g/mol. The van der Waals surface area contributed by atoms with Crippen molar-refractivity contribution in [3.05, 3.63) is 39.1 Å². The second-order valence-corrected chi connectivity index (χ2v) is 9.97. The van der Waals surface area contributed by atoms with Gasteiger partial charge in [0.15, 0.2) is 5.13 Å². The molecule has 2 rings (SSSR count). The molecule has 10 heteroatoms. The molecule has 0 bridgehead atoms. The van der Waals surface area contributed by atoms with Crippen LogP contribution in [0.4, 0.5) is 5.13 Å². The fourth-order valence-electron chi connectivity index (χ4n) is 1.66. The number of carbonyl (C=O) groups excluding carboxylic acids is 1. The molecule has 0 aliphatic rings. The molecule has 0 saturated carbocycles. The van der Waals surface area contributed by atoms with Gasteiger partial charge in [0.25, 0.3) is 0 Å². The van der Waals surface area contributed by atoms with Crippen LogP contribution in [-0.2, 0) is 21.2 Å². The lowest BCUT2D eigenvalue weighted by Gasteiger charge is -2.00. The number of amides is 1. The van der Waals surface area contributed by atoms with E-state index in [1.807, 2.05) is 0 Å². The summed E-state index contributed by atoms with van der Waals surface area (Å²) < 4.78 is 27.7. The fraction of sp³-hybridized carbons (Fsp3) is 0.231. The Kier molecular flexibility index (Phi) is 6.09. The van der Waals surface area contributed by atoms with Gasteiger partial charge >= 0.3 is 0 Å². The van der Waals surface area contributed by atoms with Gasteiger partial charge < -0.3 is 5.32 Å². The number of nitrogens with one attached hydrogen (secondary N) is 2. The van der Waals surface area contributed by atoms with E-state index < -0.39 is 10.0 Å². The number of hydrogen-bond donors (Lipinski definition) is 2. The molecule has 1 amide bonds. The van der Waals surface area contributed by atoms with Crippen molar-refractivity contribution in [3.8, 4) is 0 Å². The Morgan fingerprint density at radius 3 is 2.87 bits per heavy atom. The Hall–Kier alpha value is -1.07. The number of thiazole rings is 1. The fourth-order valence-corrected chi connectivity index (χ4v) is 5.92. The first kappa shape index (κ1) is 18.3. The molecule has 0 aliphatic carbocycles. The van der Waals surface area contributed by atoms with Crippen LogP contribution in [0.15, 0.2) is 32.9 Å². The topological polar surface area (TPSA) is 88.2 Å². The van der Waals surface area contributed by atoms with Crippen LogP contribution >= 0.6 is 38.6 Å². The molecule has 2 N–H and O–H groups in total. The maximum Gasteiger partial charge on any atom is 0.250 e. The van der Waals surface area contributed by atoms with Crippen molar-refractivity contribution in [1.29, 1.82) is 0 Å². The summed E-state index contributed by atoms with van der Waals surface area (Å²) in [6.07, 6.45) is 3.69. The van der Waals surface area contributed by atoms with Crippen LogP contribution in [-0.4, -0.2) is 25.9 Å². The average Bonchev–Trinajstić information content (AvgIpc) is 3.04. The largest absolute Gasteiger partial charge is 0.302 e. The van der Waals surface area contributed by atoms with Gasteiger partial charge in [0.05, 0.1) is 3.79 Å². The van der Waals surface area contributed by atoms with Gasteiger partial charge in [0, 0.05) is 31.0 Å². The minimum atomic E-state index is -3.53. The Labute approximate surface area is 150 Å². The number of thiophene rings is 1. The molecular weight excluding hydrogens is 422 g/mol. The van der Waals surface area contributed by atoms with Gasteiger partial charge in [0.2, 0.25) is 15.9 Å². The third-order valence-corrected chi connectivity index (χ3v) is 7.39. The lowest BCUT2D eigenvalue weighted by molar-refractivity contribution is -0.114. The highest BCUT2D eigenvalue weighted by atomic mass is 79.9. The zero-order valence-electron chi connectivity index (χ0n) is 12.1. The zero-order valence-corrected chi connectivity index (χ0v) is 16.2. The van der Waals surface area contributed by atoms with E-state index in [1.165, 1.54) is 24.3 Å². The second-order valence-electron chi connectivity index (χ2n) is 4.49. The molecule has 2 aromatic heterocycles. The summed E-state index contributed by atoms with van der Waals surface area (Å²) in [7, 11) is -3.53. The van der Waals surface area contributed by atoms with E-state index in [0.717, 1.165) is 25.6 Å². The maximum absolute atomic E-state index is 12.1. The van der Waals surface area contributed by atoms with Gasteiger partial charge in [-0.15, -0.1) is 29.3 Å². The van der Waals surface area contributed by atoms with Gasteiger partial charge in [-0.3, -0.25) is 4.79 Å². The van der Waals surface area contributed by atoms with Crippen LogP contribution in [0.1, 0.15) is 17.4 Å². The summed E-state index contributed by atoms with van der Waals surface area (Å²) in [6, 6.07) is 1.64. The number of sulfonamides is 1. The third-order valence-electron chi connectivity index (χ3n) is 2.62. The molecular formula is C13H14BrN3O3S3. The van der Waals surface area contributed by atoms with E-state index in [0.29, 0.717) is 11.6 Å². The summed E-state index contributed by atoms with van der Waals surface area (Å²) in [4.78, 5) is 16.0. The predicted molar refractivity (Wildman–Crippen MR) is 96.6 cm³/mol. The third kappa shape index (κ3) is 4.95. The van der Waals surface area contributed by atoms with Crippen LogP contribution in [0.5, 0.6) is 0 Å². The molecule has 2 aromatic rings. The second kappa shape index (κ2) is 7.67. The number of carbonyl (C=O) groups is 1. The highest BCUT2D eigenvalue weighted by Crippen LogP contribution is 2.33. The van der Waals surface area contributed by atoms with E-state index >= 15 is 0 Å². The first-order valence-corrected chi connectivity index (χ1v) is 10.3. The summed E-state index contributed by atoms with van der Waals surface area (Å²) in [5.74, 6) is -0.177. The summed E-state index contributed by atoms with van der Waals surface area (Å²) in [5.41, 5.74) is 0.854. The molecule has 124 valence electrons. The molecule has 0 aliphatic heterocycles. The molecule has 0 unspecified atom stereocenters. The molecule has 0 spiro atoms. The zero-order chi connectivity index (χ0) is 17.0. The predicted octanol–water partition coefficient (Wildman–Crippen LogP) is 2.98.